The monoisotopic (exact) mass is 372 g/mol. The van der Waals surface area contributed by atoms with Crippen molar-refractivity contribution in [2.75, 3.05) is 6.61 Å². The molecule has 0 amide bonds. The number of halogens is 3. The molecule has 3 nitrogen and oxygen atoms in total. The maximum Gasteiger partial charge on any atom is 0.262 e. The van der Waals surface area contributed by atoms with E-state index in [2.05, 4.69) is 13.8 Å². The highest BCUT2D eigenvalue weighted by Crippen LogP contribution is 2.35. The third kappa shape index (κ3) is 5.85. The summed E-state index contributed by atoms with van der Waals surface area (Å²) in [6.07, 6.45) is 4.40. The van der Waals surface area contributed by atoms with E-state index in [1.165, 1.54) is 12.1 Å². The minimum Gasteiger partial charge on any atom is -0.492 e. The molecule has 1 atom stereocenters. The van der Waals surface area contributed by atoms with E-state index in [1.54, 1.807) is 0 Å². The van der Waals surface area contributed by atoms with Crippen LogP contribution in [-0.4, -0.2) is 15.0 Å². The molecule has 1 aromatic rings. The molecule has 0 aromatic heterocycles. The Morgan fingerprint density at radius 2 is 1.86 bits per heavy atom. The van der Waals surface area contributed by atoms with Crippen molar-refractivity contribution >= 4 is 42.9 Å². The van der Waals surface area contributed by atoms with E-state index in [-0.39, 0.29) is 14.9 Å². The van der Waals surface area contributed by atoms with Gasteiger partial charge in [0.15, 0.2) is 0 Å². The van der Waals surface area contributed by atoms with E-state index >= 15 is 0 Å². The molecule has 7 heteroatoms. The van der Waals surface area contributed by atoms with Crippen LogP contribution < -0.4 is 4.74 Å². The summed E-state index contributed by atoms with van der Waals surface area (Å²) >= 11 is 11.9. The van der Waals surface area contributed by atoms with Gasteiger partial charge in [0.05, 0.1) is 16.7 Å². The summed E-state index contributed by atoms with van der Waals surface area (Å²) in [5, 5.41) is 0.190. The van der Waals surface area contributed by atoms with Crippen LogP contribution in [0.5, 0.6) is 5.75 Å². The molecular formula is C14H19Cl3O3S. The number of benzene rings is 1. The summed E-state index contributed by atoms with van der Waals surface area (Å²) in [6.45, 7) is 4.79. The van der Waals surface area contributed by atoms with Gasteiger partial charge in [-0.15, -0.1) is 0 Å². The van der Waals surface area contributed by atoms with Gasteiger partial charge < -0.3 is 4.74 Å². The van der Waals surface area contributed by atoms with Crippen LogP contribution in [0.1, 0.15) is 39.5 Å². The Hall–Kier alpha value is -0.160. The molecular weight excluding hydrogens is 355 g/mol. The van der Waals surface area contributed by atoms with Gasteiger partial charge in [-0.2, -0.15) is 0 Å². The molecule has 1 rings (SSSR count). The quantitative estimate of drug-likeness (QED) is 0.564. The van der Waals surface area contributed by atoms with Crippen LogP contribution in [0.2, 0.25) is 10.0 Å². The average Bonchev–Trinajstić information content (AvgIpc) is 2.41. The number of ether oxygens (including phenoxy) is 1. The summed E-state index contributed by atoms with van der Waals surface area (Å²) in [7, 11) is 1.36. The van der Waals surface area contributed by atoms with Gasteiger partial charge in [0.1, 0.15) is 10.6 Å². The van der Waals surface area contributed by atoms with E-state index in [0.717, 1.165) is 25.7 Å². The lowest BCUT2D eigenvalue weighted by Crippen LogP contribution is -2.11. The van der Waals surface area contributed by atoms with Crippen molar-refractivity contribution in [2.24, 2.45) is 5.92 Å². The van der Waals surface area contributed by atoms with Gasteiger partial charge in [-0.25, -0.2) is 8.42 Å². The molecule has 0 saturated heterocycles. The maximum atomic E-state index is 11.3. The highest BCUT2D eigenvalue weighted by atomic mass is 35.7. The Labute approximate surface area is 141 Å². The third-order valence-electron chi connectivity index (χ3n) is 3.27. The standard InChI is InChI=1S/C14H19Cl3O3S/c1-3-5-6-10(4-2)9-20-13-7-12(16)14(8-11(13)15)21(17,18)19/h7-8,10H,3-6,9H2,1-2H3. The van der Waals surface area contributed by atoms with Crippen molar-refractivity contribution in [2.45, 2.75) is 44.4 Å². The number of unbranched alkanes of at least 4 members (excludes halogenated alkanes) is 1. The molecule has 0 saturated carbocycles. The second-order valence-corrected chi connectivity index (χ2v) is 8.23. The van der Waals surface area contributed by atoms with Crippen LogP contribution in [0.25, 0.3) is 0 Å². The van der Waals surface area contributed by atoms with Gasteiger partial charge >= 0.3 is 0 Å². The lowest BCUT2D eigenvalue weighted by molar-refractivity contribution is 0.233. The summed E-state index contributed by atoms with van der Waals surface area (Å²) in [5.41, 5.74) is 0. The van der Waals surface area contributed by atoms with Crippen molar-refractivity contribution < 1.29 is 13.2 Å². The molecule has 21 heavy (non-hydrogen) atoms. The molecule has 0 aliphatic carbocycles. The van der Waals surface area contributed by atoms with Crippen LogP contribution >= 0.6 is 33.9 Å². The highest BCUT2D eigenvalue weighted by Gasteiger charge is 2.19. The summed E-state index contributed by atoms with van der Waals surface area (Å²) in [6, 6.07) is 2.61. The minimum absolute atomic E-state index is 0.00556. The van der Waals surface area contributed by atoms with Crippen LogP contribution in [0.4, 0.5) is 0 Å². The zero-order valence-electron chi connectivity index (χ0n) is 12.0. The molecule has 0 bridgehead atoms. The molecule has 0 spiro atoms. The second-order valence-electron chi connectivity index (χ2n) is 4.88. The molecule has 1 unspecified atom stereocenters. The molecule has 0 fully saturated rings. The number of hydrogen-bond acceptors (Lipinski definition) is 3. The molecule has 0 N–H and O–H groups in total. The lowest BCUT2D eigenvalue weighted by Gasteiger charge is -2.16. The smallest absolute Gasteiger partial charge is 0.262 e. The normalized spacial score (nSPS) is 13.2. The van der Waals surface area contributed by atoms with E-state index < -0.39 is 9.05 Å². The molecule has 0 radical (unpaired) electrons. The molecule has 120 valence electrons. The van der Waals surface area contributed by atoms with Crippen LogP contribution in [-0.2, 0) is 9.05 Å². The van der Waals surface area contributed by atoms with Crippen molar-refractivity contribution in [3.05, 3.63) is 22.2 Å². The zero-order chi connectivity index (χ0) is 16.0. The van der Waals surface area contributed by atoms with E-state index in [4.69, 9.17) is 38.6 Å². The minimum atomic E-state index is -3.92. The predicted octanol–water partition coefficient (Wildman–Crippen LogP) is 5.52. The van der Waals surface area contributed by atoms with Gasteiger partial charge in [-0.05, 0) is 18.4 Å². The van der Waals surface area contributed by atoms with Gasteiger partial charge in [0, 0.05) is 16.7 Å². The van der Waals surface area contributed by atoms with E-state index in [9.17, 15) is 8.42 Å². The fourth-order valence-electron chi connectivity index (χ4n) is 1.91. The maximum absolute atomic E-state index is 11.3. The Balaban J connectivity index is 2.83. The topological polar surface area (TPSA) is 43.4 Å². The SMILES string of the molecule is CCCCC(CC)COc1cc(Cl)c(S(=O)(=O)Cl)cc1Cl. The second kappa shape index (κ2) is 8.47. The Morgan fingerprint density at radius 1 is 1.19 bits per heavy atom. The highest BCUT2D eigenvalue weighted by molar-refractivity contribution is 8.13. The lowest BCUT2D eigenvalue weighted by atomic mass is 10.0. The van der Waals surface area contributed by atoms with Crippen molar-refractivity contribution in [3.63, 3.8) is 0 Å². The average molecular weight is 374 g/mol. The number of rotatable bonds is 8. The molecule has 0 aliphatic rings. The summed E-state index contributed by atoms with van der Waals surface area (Å²) < 4.78 is 28.3. The van der Waals surface area contributed by atoms with Crippen molar-refractivity contribution in [3.8, 4) is 5.75 Å². The van der Waals surface area contributed by atoms with Crippen molar-refractivity contribution in [1.29, 1.82) is 0 Å². The number of hydrogen-bond donors (Lipinski definition) is 0. The molecule has 1 aromatic carbocycles. The molecule has 0 aliphatic heterocycles. The first kappa shape index (κ1) is 18.9. The molecule has 0 heterocycles. The Bertz CT molecular complexity index is 573. The van der Waals surface area contributed by atoms with Crippen molar-refractivity contribution in [1.82, 2.24) is 0 Å². The van der Waals surface area contributed by atoms with Gasteiger partial charge in [0.25, 0.3) is 9.05 Å². The first-order valence-electron chi connectivity index (χ1n) is 6.86. The van der Waals surface area contributed by atoms with E-state index in [0.29, 0.717) is 18.3 Å². The van der Waals surface area contributed by atoms with Gasteiger partial charge in [-0.1, -0.05) is 56.3 Å². The predicted molar refractivity (Wildman–Crippen MR) is 88.3 cm³/mol. The fraction of sp³-hybridized carbons (Fsp3) is 0.571. The van der Waals surface area contributed by atoms with Crippen LogP contribution in [0.15, 0.2) is 17.0 Å². The Kier molecular flexibility index (Phi) is 7.62. The fourth-order valence-corrected chi connectivity index (χ4v) is 3.71. The van der Waals surface area contributed by atoms with Gasteiger partial charge in [-0.3, -0.25) is 0 Å². The van der Waals surface area contributed by atoms with Crippen LogP contribution in [0.3, 0.4) is 0 Å². The largest absolute Gasteiger partial charge is 0.492 e. The first-order valence-corrected chi connectivity index (χ1v) is 9.92. The summed E-state index contributed by atoms with van der Waals surface area (Å²) in [5.74, 6) is 0.817. The Morgan fingerprint density at radius 3 is 2.38 bits per heavy atom. The first-order chi connectivity index (χ1) is 9.79. The van der Waals surface area contributed by atoms with Gasteiger partial charge in [0.2, 0.25) is 0 Å². The van der Waals surface area contributed by atoms with Crippen LogP contribution in [0, 0.1) is 5.92 Å². The summed E-state index contributed by atoms with van der Waals surface area (Å²) in [4.78, 5) is -0.207. The zero-order valence-corrected chi connectivity index (χ0v) is 15.1. The third-order valence-corrected chi connectivity index (χ3v) is 5.35. The van der Waals surface area contributed by atoms with E-state index in [1.807, 2.05) is 0 Å².